The lowest BCUT2D eigenvalue weighted by atomic mass is 10.1. The highest BCUT2D eigenvalue weighted by atomic mass is 127. The van der Waals surface area contributed by atoms with Crippen LogP contribution in [0.15, 0.2) is 47.7 Å². The number of ether oxygens (including phenoxy) is 2. The average Bonchev–Trinajstić information content (AvgIpc) is 2.75. The van der Waals surface area contributed by atoms with Crippen LogP contribution in [-0.2, 0) is 16.1 Å². The zero-order chi connectivity index (χ0) is 21.6. The van der Waals surface area contributed by atoms with Crippen LogP contribution in [0, 0.1) is 6.92 Å². The van der Waals surface area contributed by atoms with Crippen LogP contribution in [0.4, 0.5) is 5.69 Å². The quantitative estimate of drug-likeness (QED) is 0.175. The van der Waals surface area contributed by atoms with Crippen molar-refractivity contribution in [2.24, 2.45) is 4.99 Å². The number of rotatable bonds is 11. The van der Waals surface area contributed by atoms with E-state index in [2.05, 4.69) is 25.9 Å². The van der Waals surface area contributed by atoms with Crippen LogP contribution in [-0.4, -0.2) is 49.8 Å². The van der Waals surface area contributed by atoms with Gasteiger partial charge in [0.15, 0.2) is 5.96 Å². The van der Waals surface area contributed by atoms with Gasteiger partial charge in [0, 0.05) is 24.9 Å². The summed E-state index contributed by atoms with van der Waals surface area (Å²) in [4.78, 5) is 20.7. The number of pyridine rings is 1. The van der Waals surface area contributed by atoms with E-state index in [4.69, 9.17) is 9.47 Å². The minimum atomic E-state index is -0.177. The van der Waals surface area contributed by atoms with Gasteiger partial charge in [-0.05, 0) is 44.5 Å². The van der Waals surface area contributed by atoms with Gasteiger partial charge in [0.1, 0.15) is 12.4 Å². The van der Waals surface area contributed by atoms with Crippen LogP contribution >= 0.6 is 24.0 Å². The lowest BCUT2D eigenvalue weighted by Crippen LogP contribution is -2.41. The number of guanidine groups is 1. The molecule has 2 rings (SSSR count). The number of aryl methyl sites for hydroxylation is 1. The monoisotopic (exact) mass is 541 g/mol. The molecule has 170 valence electrons. The maximum Gasteiger partial charge on any atom is 0.243 e. The molecule has 1 amide bonds. The summed E-state index contributed by atoms with van der Waals surface area (Å²) in [7, 11) is 0. The molecule has 0 radical (unpaired) electrons. The SMILES string of the molecule is CCNC(=NCc1ccc(C)cc1OCCOCC)NCC(=O)Nc1cccnc1.I. The Morgan fingerprint density at radius 2 is 2.00 bits per heavy atom. The van der Waals surface area contributed by atoms with Gasteiger partial charge in [0.2, 0.25) is 5.91 Å². The molecule has 1 aromatic carbocycles. The molecule has 0 bridgehead atoms. The fourth-order valence-electron chi connectivity index (χ4n) is 2.59. The van der Waals surface area contributed by atoms with Crippen molar-refractivity contribution in [3.63, 3.8) is 0 Å². The molecule has 1 aromatic heterocycles. The van der Waals surface area contributed by atoms with Crippen LogP contribution in [0.3, 0.4) is 0 Å². The first kappa shape index (κ1) is 26.6. The van der Waals surface area contributed by atoms with Gasteiger partial charge in [-0.25, -0.2) is 4.99 Å². The number of carbonyl (C=O) groups is 1. The van der Waals surface area contributed by atoms with Gasteiger partial charge in [-0.1, -0.05) is 12.1 Å². The summed E-state index contributed by atoms with van der Waals surface area (Å²) in [6.45, 7) is 8.84. The Bertz CT molecular complexity index is 818. The lowest BCUT2D eigenvalue weighted by molar-refractivity contribution is -0.115. The largest absolute Gasteiger partial charge is 0.491 e. The molecule has 1 heterocycles. The van der Waals surface area contributed by atoms with E-state index in [1.54, 1.807) is 24.5 Å². The molecule has 0 fully saturated rings. The van der Waals surface area contributed by atoms with Crippen LogP contribution in [0.1, 0.15) is 25.0 Å². The van der Waals surface area contributed by atoms with E-state index in [-0.39, 0.29) is 36.4 Å². The zero-order valence-electron chi connectivity index (χ0n) is 18.3. The number of amides is 1. The van der Waals surface area contributed by atoms with Gasteiger partial charge in [0.05, 0.1) is 31.6 Å². The van der Waals surface area contributed by atoms with Crippen molar-refractivity contribution >= 4 is 41.5 Å². The van der Waals surface area contributed by atoms with E-state index >= 15 is 0 Å². The molecule has 9 heteroatoms. The second-order valence-corrected chi connectivity index (χ2v) is 6.50. The summed E-state index contributed by atoms with van der Waals surface area (Å²) < 4.78 is 11.2. The van der Waals surface area contributed by atoms with E-state index in [1.807, 2.05) is 39.0 Å². The number of anilines is 1. The average molecular weight is 541 g/mol. The molecule has 0 saturated carbocycles. The van der Waals surface area contributed by atoms with Crippen LogP contribution < -0.4 is 20.7 Å². The molecule has 8 nitrogen and oxygen atoms in total. The number of aromatic nitrogens is 1. The Labute approximate surface area is 201 Å². The number of nitrogens with zero attached hydrogens (tertiary/aromatic N) is 2. The highest BCUT2D eigenvalue weighted by molar-refractivity contribution is 14.0. The van der Waals surface area contributed by atoms with Gasteiger partial charge in [-0.15, -0.1) is 24.0 Å². The third-order valence-corrected chi connectivity index (χ3v) is 4.03. The first-order chi connectivity index (χ1) is 14.6. The number of hydrogen-bond acceptors (Lipinski definition) is 5. The molecule has 0 unspecified atom stereocenters. The fourth-order valence-corrected chi connectivity index (χ4v) is 2.59. The van der Waals surface area contributed by atoms with Crippen molar-refractivity contribution in [1.82, 2.24) is 15.6 Å². The molecular weight excluding hydrogens is 509 g/mol. The van der Waals surface area contributed by atoms with Gasteiger partial charge >= 0.3 is 0 Å². The summed E-state index contributed by atoms with van der Waals surface area (Å²) in [6, 6.07) is 9.59. The Morgan fingerprint density at radius 3 is 2.71 bits per heavy atom. The minimum absolute atomic E-state index is 0. The number of aliphatic imine (C=N–C) groups is 1. The zero-order valence-corrected chi connectivity index (χ0v) is 20.6. The van der Waals surface area contributed by atoms with E-state index in [1.165, 1.54) is 0 Å². The highest BCUT2D eigenvalue weighted by Gasteiger charge is 2.07. The van der Waals surface area contributed by atoms with E-state index in [0.717, 1.165) is 16.9 Å². The van der Waals surface area contributed by atoms with Crippen molar-refractivity contribution in [3.8, 4) is 5.75 Å². The Balaban J connectivity index is 0.00000480. The van der Waals surface area contributed by atoms with E-state index in [0.29, 0.717) is 44.6 Å². The summed E-state index contributed by atoms with van der Waals surface area (Å²) >= 11 is 0. The summed E-state index contributed by atoms with van der Waals surface area (Å²) in [5.74, 6) is 1.17. The molecule has 31 heavy (non-hydrogen) atoms. The van der Waals surface area contributed by atoms with Crippen molar-refractivity contribution in [2.75, 3.05) is 38.2 Å². The third kappa shape index (κ3) is 10.5. The maximum absolute atomic E-state index is 12.1. The summed E-state index contributed by atoms with van der Waals surface area (Å²) in [5.41, 5.74) is 2.74. The van der Waals surface area contributed by atoms with E-state index in [9.17, 15) is 4.79 Å². The topological polar surface area (TPSA) is 96.9 Å². The highest BCUT2D eigenvalue weighted by Crippen LogP contribution is 2.21. The first-order valence-electron chi connectivity index (χ1n) is 10.1. The fraction of sp³-hybridized carbons (Fsp3) is 0.409. The standard InChI is InChI=1S/C22H31N5O3.HI/c1-4-24-22(26-16-21(28)27-19-7-6-10-23-15-19)25-14-18-9-8-17(3)13-20(18)30-12-11-29-5-2;/h6-10,13,15H,4-5,11-12,14,16H2,1-3H3,(H,27,28)(H2,24,25,26);1H. The summed E-state index contributed by atoms with van der Waals surface area (Å²) in [5, 5.41) is 8.98. The van der Waals surface area contributed by atoms with Crippen molar-refractivity contribution in [1.29, 1.82) is 0 Å². The van der Waals surface area contributed by atoms with Crippen molar-refractivity contribution < 1.29 is 14.3 Å². The molecule has 3 N–H and O–H groups in total. The second kappa shape index (κ2) is 15.4. The van der Waals surface area contributed by atoms with Crippen LogP contribution in [0.2, 0.25) is 0 Å². The van der Waals surface area contributed by atoms with Crippen LogP contribution in [0.5, 0.6) is 5.75 Å². The van der Waals surface area contributed by atoms with Crippen LogP contribution in [0.25, 0.3) is 0 Å². The van der Waals surface area contributed by atoms with Crippen molar-refractivity contribution in [2.45, 2.75) is 27.3 Å². The number of benzene rings is 1. The summed E-state index contributed by atoms with van der Waals surface area (Å²) in [6.07, 6.45) is 3.26. The molecule has 0 atom stereocenters. The molecule has 0 aliphatic rings. The van der Waals surface area contributed by atoms with Gasteiger partial charge in [-0.3, -0.25) is 9.78 Å². The number of nitrogens with one attached hydrogen (secondary N) is 3. The second-order valence-electron chi connectivity index (χ2n) is 6.50. The Morgan fingerprint density at radius 1 is 1.16 bits per heavy atom. The molecule has 0 spiro atoms. The molecule has 0 aliphatic heterocycles. The van der Waals surface area contributed by atoms with Gasteiger partial charge in [0.25, 0.3) is 0 Å². The first-order valence-corrected chi connectivity index (χ1v) is 10.1. The normalized spacial score (nSPS) is 10.7. The van der Waals surface area contributed by atoms with Crippen molar-refractivity contribution in [3.05, 3.63) is 53.9 Å². The third-order valence-electron chi connectivity index (χ3n) is 4.03. The van der Waals surface area contributed by atoms with Gasteiger partial charge < -0.3 is 25.4 Å². The predicted molar refractivity (Wildman–Crippen MR) is 134 cm³/mol. The Hall–Kier alpha value is -2.40. The Kier molecular flexibility index (Phi) is 13.2. The van der Waals surface area contributed by atoms with Gasteiger partial charge in [-0.2, -0.15) is 0 Å². The molecule has 0 aliphatic carbocycles. The predicted octanol–water partition coefficient (Wildman–Crippen LogP) is 3.12. The number of carbonyl (C=O) groups excluding carboxylic acids is 1. The number of hydrogen-bond donors (Lipinski definition) is 3. The van der Waals surface area contributed by atoms with E-state index < -0.39 is 0 Å². The number of halogens is 1. The smallest absolute Gasteiger partial charge is 0.243 e. The minimum Gasteiger partial charge on any atom is -0.491 e. The molecule has 0 saturated heterocycles. The molecule has 2 aromatic rings. The maximum atomic E-state index is 12.1. The lowest BCUT2D eigenvalue weighted by Gasteiger charge is -2.14. The molecular formula is C22H32IN5O3.